The second kappa shape index (κ2) is 6.86. The lowest BCUT2D eigenvalue weighted by Gasteiger charge is -2.16. The van der Waals surface area contributed by atoms with Crippen molar-refractivity contribution in [2.24, 2.45) is 11.3 Å². The summed E-state index contributed by atoms with van der Waals surface area (Å²) in [4.78, 5) is 11.4. The summed E-state index contributed by atoms with van der Waals surface area (Å²) in [6, 6.07) is 0. The summed E-state index contributed by atoms with van der Waals surface area (Å²) < 4.78 is 5.17. The van der Waals surface area contributed by atoms with Gasteiger partial charge in [-0.05, 0) is 33.1 Å². The van der Waals surface area contributed by atoms with E-state index in [9.17, 15) is 4.79 Å². The number of hydrogen-bond acceptors (Lipinski definition) is 2. The minimum absolute atomic E-state index is 0.0913. The largest absolute Gasteiger partial charge is 0.465 e. The number of esters is 1. The molecule has 0 spiro atoms. The van der Waals surface area contributed by atoms with Crippen molar-refractivity contribution in [3.8, 4) is 0 Å². The van der Waals surface area contributed by atoms with Gasteiger partial charge in [0.1, 0.15) is 0 Å². The minimum atomic E-state index is -0.363. The summed E-state index contributed by atoms with van der Waals surface area (Å²) in [7, 11) is 0. The van der Waals surface area contributed by atoms with Crippen LogP contribution in [-0.4, -0.2) is 12.6 Å². The maximum Gasteiger partial charge on any atom is 0.311 e. The van der Waals surface area contributed by atoms with Gasteiger partial charge in [-0.3, -0.25) is 4.79 Å². The van der Waals surface area contributed by atoms with Crippen molar-refractivity contribution in [3.63, 3.8) is 0 Å². The molecule has 0 fully saturated rings. The topological polar surface area (TPSA) is 26.3 Å². The highest BCUT2D eigenvalue weighted by Crippen LogP contribution is 2.15. The molecule has 0 radical (unpaired) electrons. The molecule has 0 amide bonds. The molecule has 0 atom stereocenters. The monoisotopic (exact) mass is 214 g/mol. The van der Waals surface area contributed by atoms with Gasteiger partial charge in [-0.15, -0.1) is 0 Å². The van der Waals surface area contributed by atoms with Crippen LogP contribution in [0.4, 0.5) is 0 Å². The molecule has 0 saturated heterocycles. The fraction of sp³-hybridized carbons (Fsp3) is 0.923. The molecule has 0 saturated carbocycles. The Morgan fingerprint density at radius 3 is 2.20 bits per heavy atom. The molecule has 0 unspecified atom stereocenters. The molecule has 0 aromatic rings. The molecule has 2 nitrogen and oxygen atoms in total. The van der Waals surface area contributed by atoms with Crippen molar-refractivity contribution >= 4 is 5.97 Å². The highest BCUT2D eigenvalue weighted by Gasteiger charge is 2.22. The molecule has 0 bridgehead atoms. The SMILES string of the molecule is CC(C)CCCCCOC(=O)C(C)(C)C. The smallest absolute Gasteiger partial charge is 0.311 e. The van der Waals surface area contributed by atoms with Crippen molar-refractivity contribution in [1.29, 1.82) is 0 Å². The molecular formula is C13H26O2. The van der Waals surface area contributed by atoms with Crippen molar-refractivity contribution in [2.45, 2.75) is 60.3 Å². The van der Waals surface area contributed by atoms with Gasteiger partial charge in [0.15, 0.2) is 0 Å². The van der Waals surface area contributed by atoms with Gasteiger partial charge in [0.25, 0.3) is 0 Å². The Labute approximate surface area is 94.4 Å². The van der Waals surface area contributed by atoms with E-state index in [-0.39, 0.29) is 11.4 Å². The zero-order valence-corrected chi connectivity index (χ0v) is 10.9. The van der Waals surface area contributed by atoms with E-state index in [2.05, 4.69) is 13.8 Å². The fourth-order valence-electron chi connectivity index (χ4n) is 1.21. The van der Waals surface area contributed by atoms with Crippen molar-refractivity contribution in [2.75, 3.05) is 6.61 Å². The van der Waals surface area contributed by atoms with Gasteiger partial charge in [0.05, 0.1) is 12.0 Å². The van der Waals surface area contributed by atoms with Crippen molar-refractivity contribution < 1.29 is 9.53 Å². The van der Waals surface area contributed by atoms with E-state index >= 15 is 0 Å². The number of hydrogen-bond donors (Lipinski definition) is 0. The standard InChI is InChI=1S/C13H26O2/c1-11(2)9-7-6-8-10-15-12(14)13(3,4)5/h11H,6-10H2,1-5H3. The molecule has 0 aromatic heterocycles. The number of unbranched alkanes of at least 4 members (excludes halogenated alkanes) is 2. The van der Waals surface area contributed by atoms with E-state index in [1.807, 2.05) is 20.8 Å². The third-order valence-corrected chi connectivity index (χ3v) is 2.27. The van der Waals surface area contributed by atoms with Crippen LogP contribution in [0.25, 0.3) is 0 Å². The van der Waals surface area contributed by atoms with E-state index in [0.29, 0.717) is 6.61 Å². The highest BCUT2D eigenvalue weighted by atomic mass is 16.5. The fourth-order valence-corrected chi connectivity index (χ4v) is 1.21. The first-order valence-electron chi connectivity index (χ1n) is 6.01. The lowest BCUT2D eigenvalue weighted by atomic mass is 9.97. The van der Waals surface area contributed by atoms with Crippen LogP contribution in [0.15, 0.2) is 0 Å². The van der Waals surface area contributed by atoms with Crippen LogP contribution in [0, 0.1) is 11.3 Å². The Morgan fingerprint density at radius 1 is 1.13 bits per heavy atom. The maximum atomic E-state index is 11.4. The molecule has 0 aliphatic carbocycles. The van der Waals surface area contributed by atoms with Gasteiger partial charge in [-0.2, -0.15) is 0 Å². The first-order chi connectivity index (χ1) is 6.84. The molecule has 0 aliphatic rings. The van der Waals surface area contributed by atoms with Gasteiger partial charge in [-0.25, -0.2) is 0 Å². The molecular weight excluding hydrogens is 188 g/mol. The average molecular weight is 214 g/mol. The Balaban J connectivity index is 3.36. The van der Waals surface area contributed by atoms with Gasteiger partial charge in [-0.1, -0.05) is 33.1 Å². The van der Waals surface area contributed by atoms with E-state index < -0.39 is 0 Å². The Kier molecular flexibility index (Phi) is 6.62. The van der Waals surface area contributed by atoms with E-state index in [1.54, 1.807) is 0 Å². The summed E-state index contributed by atoms with van der Waals surface area (Å²) >= 11 is 0. The zero-order valence-electron chi connectivity index (χ0n) is 10.9. The number of carbonyl (C=O) groups excluding carboxylic acids is 1. The highest BCUT2D eigenvalue weighted by molar-refractivity contribution is 5.75. The molecule has 15 heavy (non-hydrogen) atoms. The Bertz CT molecular complexity index is 177. The van der Waals surface area contributed by atoms with Crippen LogP contribution in [0.3, 0.4) is 0 Å². The van der Waals surface area contributed by atoms with Crippen LogP contribution in [0.5, 0.6) is 0 Å². The third-order valence-electron chi connectivity index (χ3n) is 2.27. The van der Waals surface area contributed by atoms with Crippen molar-refractivity contribution in [3.05, 3.63) is 0 Å². The van der Waals surface area contributed by atoms with Gasteiger partial charge >= 0.3 is 5.97 Å². The molecule has 0 rings (SSSR count). The molecule has 0 heterocycles. The number of carbonyl (C=O) groups is 1. The van der Waals surface area contributed by atoms with Crippen molar-refractivity contribution in [1.82, 2.24) is 0 Å². The summed E-state index contributed by atoms with van der Waals surface area (Å²) in [5, 5.41) is 0. The lowest BCUT2D eigenvalue weighted by molar-refractivity contribution is -0.153. The van der Waals surface area contributed by atoms with Crippen LogP contribution < -0.4 is 0 Å². The molecule has 0 aliphatic heterocycles. The second-order valence-corrected chi connectivity index (χ2v) is 5.63. The summed E-state index contributed by atoms with van der Waals surface area (Å²) in [6.45, 7) is 10.7. The predicted molar refractivity (Wildman–Crippen MR) is 63.7 cm³/mol. The molecule has 90 valence electrons. The maximum absolute atomic E-state index is 11.4. The van der Waals surface area contributed by atoms with Crippen LogP contribution in [0.2, 0.25) is 0 Å². The summed E-state index contributed by atoms with van der Waals surface area (Å²) in [6.07, 6.45) is 4.67. The summed E-state index contributed by atoms with van der Waals surface area (Å²) in [5.41, 5.74) is -0.363. The second-order valence-electron chi connectivity index (χ2n) is 5.63. The Morgan fingerprint density at radius 2 is 1.73 bits per heavy atom. The van der Waals surface area contributed by atoms with E-state index in [1.165, 1.54) is 12.8 Å². The number of rotatable bonds is 6. The van der Waals surface area contributed by atoms with Crippen LogP contribution >= 0.6 is 0 Å². The minimum Gasteiger partial charge on any atom is -0.465 e. The third kappa shape index (κ3) is 8.46. The lowest BCUT2D eigenvalue weighted by Crippen LogP contribution is -2.23. The van der Waals surface area contributed by atoms with Crippen LogP contribution in [-0.2, 0) is 9.53 Å². The molecule has 0 aromatic carbocycles. The summed E-state index contributed by atoms with van der Waals surface area (Å²) in [5.74, 6) is 0.688. The zero-order chi connectivity index (χ0) is 11.9. The van der Waals surface area contributed by atoms with Crippen LogP contribution in [0.1, 0.15) is 60.3 Å². The Hall–Kier alpha value is -0.530. The molecule has 2 heteroatoms. The predicted octanol–water partition coefficient (Wildman–Crippen LogP) is 3.79. The van der Waals surface area contributed by atoms with Gasteiger partial charge in [0.2, 0.25) is 0 Å². The van der Waals surface area contributed by atoms with E-state index in [4.69, 9.17) is 4.74 Å². The number of ether oxygens (including phenoxy) is 1. The van der Waals surface area contributed by atoms with E-state index in [0.717, 1.165) is 18.8 Å². The molecule has 0 N–H and O–H groups in total. The normalized spacial score (nSPS) is 11.9. The quantitative estimate of drug-likeness (QED) is 0.496. The first kappa shape index (κ1) is 14.5. The van der Waals surface area contributed by atoms with Gasteiger partial charge in [0, 0.05) is 0 Å². The first-order valence-corrected chi connectivity index (χ1v) is 6.01. The average Bonchev–Trinajstić information content (AvgIpc) is 2.08. The van der Waals surface area contributed by atoms with Gasteiger partial charge < -0.3 is 4.74 Å².